The first-order chi connectivity index (χ1) is 12.2. The van der Waals surface area contributed by atoms with Gasteiger partial charge in [0.15, 0.2) is 0 Å². The van der Waals surface area contributed by atoms with E-state index in [0.29, 0.717) is 0 Å². The van der Waals surface area contributed by atoms with E-state index in [2.05, 4.69) is 46.2 Å². The fourth-order valence-electron chi connectivity index (χ4n) is 3.49. The van der Waals surface area contributed by atoms with Crippen molar-refractivity contribution in [1.29, 1.82) is 0 Å². The van der Waals surface area contributed by atoms with Crippen LogP contribution in [0, 0.1) is 4.77 Å². The van der Waals surface area contributed by atoms with Crippen molar-refractivity contribution in [3.63, 3.8) is 0 Å². The third-order valence-corrected chi connectivity index (χ3v) is 20.2. The van der Waals surface area contributed by atoms with Crippen LogP contribution in [0.25, 0.3) is 5.69 Å². The van der Waals surface area contributed by atoms with Crippen LogP contribution in [0.15, 0.2) is 30.3 Å². The van der Waals surface area contributed by atoms with Gasteiger partial charge in [0.05, 0.1) is 0 Å². The van der Waals surface area contributed by atoms with Crippen molar-refractivity contribution in [2.24, 2.45) is 0 Å². The van der Waals surface area contributed by atoms with Crippen LogP contribution < -0.4 is 0 Å². The van der Waals surface area contributed by atoms with E-state index in [4.69, 9.17) is 12.2 Å². The standard InChI is InChI=1S/C7H6N4S.3C4H9.Sn/c12-7-8-9-10-11(7)6-4-2-1-3-5-6;3*1-3-4-2;/h1-5H,(H,8,10,12);3*1,3-4H2,2H3;/q;;;;+1/p-1. The summed E-state index contributed by atoms with van der Waals surface area (Å²) in [6.07, 6.45) is 7.63. The Morgan fingerprint density at radius 1 is 0.840 bits per heavy atom. The summed E-state index contributed by atoms with van der Waals surface area (Å²) in [5.74, 6) is 0. The quantitative estimate of drug-likeness (QED) is 0.301. The molecule has 2 rings (SSSR count). The molecule has 1 aromatic heterocycles. The third kappa shape index (κ3) is 5.16. The molecule has 0 N–H and O–H groups in total. The summed E-state index contributed by atoms with van der Waals surface area (Å²) in [6, 6.07) is 10.2. The summed E-state index contributed by atoms with van der Waals surface area (Å²) in [5, 5.41) is 9.10. The Morgan fingerprint density at radius 2 is 1.36 bits per heavy atom. The molecule has 0 radical (unpaired) electrons. The summed E-state index contributed by atoms with van der Waals surface area (Å²) in [5.41, 5.74) is 1.01. The van der Waals surface area contributed by atoms with Crippen molar-refractivity contribution in [1.82, 2.24) is 18.0 Å². The Bertz CT molecular complexity index is 658. The number of hydrogen-bond donors (Lipinski definition) is 0. The van der Waals surface area contributed by atoms with E-state index >= 15 is 0 Å². The molecule has 25 heavy (non-hydrogen) atoms. The van der Waals surface area contributed by atoms with Crippen LogP contribution in [0.1, 0.15) is 59.3 Å². The van der Waals surface area contributed by atoms with Crippen LogP contribution in [0.5, 0.6) is 0 Å². The second kappa shape index (κ2) is 10.5. The maximum absolute atomic E-state index is 5.86. The van der Waals surface area contributed by atoms with Gasteiger partial charge in [0, 0.05) is 0 Å². The van der Waals surface area contributed by atoms with Crippen molar-refractivity contribution < 1.29 is 0 Å². The minimum atomic E-state index is -2.68. The summed E-state index contributed by atoms with van der Waals surface area (Å²) < 4.78 is 8.96. The molecule has 0 amide bonds. The fourth-order valence-corrected chi connectivity index (χ4v) is 19.7. The van der Waals surface area contributed by atoms with Crippen LogP contribution in [0.2, 0.25) is 13.3 Å². The van der Waals surface area contributed by atoms with Crippen LogP contribution in [0.4, 0.5) is 0 Å². The number of aromatic nitrogens is 4. The zero-order chi connectivity index (χ0) is 18.1. The Morgan fingerprint density at radius 3 is 1.84 bits per heavy atom. The molecule has 1 heterocycles. The first-order valence-electron chi connectivity index (χ1n) is 9.79. The second-order valence-corrected chi connectivity index (χ2v) is 19.8. The van der Waals surface area contributed by atoms with Crippen LogP contribution >= 0.6 is 12.2 Å². The van der Waals surface area contributed by atoms with Gasteiger partial charge in [0.1, 0.15) is 0 Å². The van der Waals surface area contributed by atoms with Crippen LogP contribution in [-0.2, 0) is 0 Å². The number of hydrogen-bond acceptors (Lipinski definition) is 3. The molecular weight excluding hydrogens is 435 g/mol. The molecule has 0 atom stereocenters. The van der Waals surface area contributed by atoms with Crippen molar-refractivity contribution >= 4 is 30.9 Å². The minimum absolute atomic E-state index is 0.810. The van der Waals surface area contributed by atoms with Crippen molar-refractivity contribution in [3.8, 4) is 5.69 Å². The zero-order valence-corrected chi connectivity index (χ0v) is 19.6. The zero-order valence-electron chi connectivity index (χ0n) is 15.9. The summed E-state index contributed by atoms with van der Waals surface area (Å²) in [6.45, 7) is 6.86. The van der Waals surface area contributed by atoms with Gasteiger partial charge in [0.2, 0.25) is 0 Å². The van der Waals surface area contributed by atoms with E-state index in [-0.39, 0.29) is 0 Å². The molecule has 0 saturated carbocycles. The number of tetrazole rings is 1. The molecule has 4 nitrogen and oxygen atoms in total. The van der Waals surface area contributed by atoms with Crippen molar-refractivity contribution in [3.05, 3.63) is 35.1 Å². The van der Waals surface area contributed by atoms with Gasteiger partial charge in [-0.05, 0) is 0 Å². The molecule has 0 unspecified atom stereocenters. The molecule has 0 bridgehead atoms. The van der Waals surface area contributed by atoms with Crippen molar-refractivity contribution in [2.75, 3.05) is 0 Å². The molecule has 2 aromatic rings. The maximum atomic E-state index is 5.86. The van der Waals surface area contributed by atoms with Gasteiger partial charge < -0.3 is 0 Å². The number of benzene rings is 1. The first-order valence-corrected chi connectivity index (χ1v) is 17.5. The molecule has 1 aromatic carbocycles. The SMILES string of the molecule is CCC[CH2][Sn]([CH2]CCC)([CH2]CCC)[n]1nnn(-c2ccccc2)c1=S. The third-order valence-electron chi connectivity index (χ3n) is 5.02. The number of unbranched alkanes of at least 4 members (excludes halogenated alkanes) is 3. The topological polar surface area (TPSA) is 35.6 Å². The van der Waals surface area contributed by atoms with Gasteiger partial charge in [-0.2, -0.15) is 0 Å². The number of nitrogens with zero attached hydrogens (tertiary/aromatic N) is 4. The van der Waals surface area contributed by atoms with Gasteiger partial charge in [-0.3, -0.25) is 0 Å². The van der Waals surface area contributed by atoms with E-state index in [1.807, 2.05) is 22.9 Å². The van der Waals surface area contributed by atoms with Gasteiger partial charge >= 0.3 is 162 Å². The normalized spacial score (nSPS) is 11.8. The molecule has 0 aliphatic carbocycles. The summed E-state index contributed by atoms with van der Waals surface area (Å²) in [4.78, 5) is 0. The Hall–Kier alpha value is -0.691. The Labute approximate surface area is 161 Å². The molecule has 0 aliphatic heterocycles. The average Bonchev–Trinajstić information content (AvgIpc) is 3.04. The van der Waals surface area contributed by atoms with E-state index in [9.17, 15) is 0 Å². The van der Waals surface area contributed by atoms with E-state index < -0.39 is 18.7 Å². The van der Waals surface area contributed by atoms with Gasteiger partial charge in [-0.1, -0.05) is 0 Å². The molecule has 0 aliphatic rings. The van der Waals surface area contributed by atoms with E-state index in [1.54, 1.807) is 0 Å². The molecule has 0 fully saturated rings. The number of para-hydroxylation sites is 1. The van der Waals surface area contributed by atoms with Crippen molar-refractivity contribution in [2.45, 2.75) is 72.6 Å². The first kappa shape index (κ1) is 20.6. The molecule has 0 saturated heterocycles. The van der Waals surface area contributed by atoms with Gasteiger partial charge in [-0.25, -0.2) is 0 Å². The van der Waals surface area contributed by atoms with Gasteiger partial charge in [0.25, 0.3) is 0 Å². The predicted molar refractivity (Wildman–Crippen MR) is 110 cm³/mol. The molecule has 0 spiro atoms. The average molecular weight is 467 g/mol. The number of rotatable bonds is 11. The van der Waals surface area contributed by atoms with E-state index in [1.165, 1.54) is 51.8 Å². The molecule has 6 heteroatoms. The summed E-state index contributed by atoms with van der Waals surface area (Å²) in [7, 11) is 0. The fraction of sp³-hybridized carbons (Fsp3) is 0.632. The predicted octanol–water partition coefficient (Wildman–Crippen LogP) is 5.99. The van der Waals surface area contributed by atoms with Crippen LogP contribution in [-0.4, -0.2) is 36.7 Å². The molecular formula is C19H32N4SSn. The Kier molecular flexibility index (Phi) is 8.62. The van der Waals surface area contributed by atoms with Crippen LogP contribution in [0.3, 0.4) is 0 Å². The van der Waals surface area contributed by atoms with E-state index in [0.717, 1.165) is 10.5 Å². The monoisotopic (exact) mass is 468 g/mol. The molecule has 138 valence electrons. The summed E-state index contributed by atoms with van der Waals surface area (Å²) >= 11 is 3.18. The Balaban J connectivity index is 2.45. The van der Waals surface area contributed by atoms with Gasteiger partial charge in [-0.15, -0.1) is 0 Å². The second-order valence-electron chi connectivity index (χ2n) is 6.96.